The van der Waals surface area contributed by atoms with E-state index in [4.69, 9.17) is 21.1 Å². The van der Waals surface area contributed by atoms with Crippen LogP contribution in [0, 0.1) is 11.9 Å². The summed E-state index contributed by atoms with van der Waals surface area (Å²) in [4.78, 5) is 1.83. The number of rotatable bonds is 6. The van der Waals surface area contributed by atoms with Crippen LogP contribution < -0.4 is 4.74 Å². The van der Waals surface area contributed by atoms with Gasteiger partial charge in [-0.15, -0.1) is 6.07 Å². The maximum absolute atomic E-state index is 14.4. The second-order valence-electron chi connectivity index (χ2n) is 4.66. The van der Waals surface area contributed by atoms with Crippen molar-refractivity contribution in [3.05, 3.63) is 59.0 Å². The monoisotopic (exact) mass is 411 g/mol. The zero-order valence-corrected chi connectivity index (χ0v) is 16.8. The van der Waals surface area contributed by atoms with E-state index < -0.39 is 0 Å². The topological polar surface area (TPSA) is 21.7 Å². The average molecular weight is 412 g/mol. The Morgan fingerprint density at radius 3 is 2.70 bits per heavy atom. The van der Waals surface area contributed by atoms with E-state index in [2.05, 4.69) is 12.7 Å². The van der Waals surface area contributed by atoms with Gasteiger partial charge in [0.15, 0.2) is 0 Å². The summed E-state index contributed by atoms with van der Waals surface area (Å²) in [5, 5.41) is 0.505. The number of hydrogen-bond acceptors (Lipinski definition) is 3. The molecule has 0 atom stereocenters. The molecule has 1 heterocycles. The predicted octanol–water partition coefficient (Wildman–Crippen LogP) is 3.96. The molecule has 1 aliphatic rings. The number of ether oxygens (including phenoxy) is 2. The predicted molar refractivity (Wildman–Crippen MR) is 85.9 cm³/mol. The van der Waals surface area contributed by atoms with Crippen LogP contribution >= 0.6 is 11.6 Å². The molecule has 0 bridgehead atoms. The third-order valence-electron chi connectivity index (χ3n) is 3.28. The van der Waals surface area contributed by atoms with Crippen LogP contribution in [0.4, 0.5) is 4.39 Å². The first kappa shape index (κ1) is 20.4. The Labute approximate surface area is 166 Å². The van der Waals surface area contributed by atoms with Gasteiger partial charge in [-0.2, -0.15) is 23.8 Å². The van der Waals surface area contributed by atoms with E-state index >= 15 is 0 Å². The maximum atomic E-state index is 14.4. The summed E-state index contributed by atoms with van der Waals surface area (Å²) >= 11 is 6.05. The molecular weight excluding hydrogens is 394 g/mol. The first-order chi connectivity index (χ1) is 10.6. The van der Waals surface area contributed by atoms with Crippen LogP contribution in [0.5, 0.6) is 5.75 Å². The van der Waals surface area contributed by atoms with E-state index in [-0.39, 0.29) is 38.5 Å². The largest absolute Gasteiger partial charge is 0.491 e. The minimum Gasteiger partial charge on any atom is -0.491 e. The Kier molecular flexibility index (Phi) is 8.48. The molecule has 121 valence electrons. The molecule has 2 rings (SSSR count). The molecule has 0 aliphatic carbocycles. The molecule has 1 aromatic carbocycles. The van der Waals surface area contributed by atoms with Gasteiger partial charge in [-0.05, 0) is 23.7 Å². The van der Waals surface area contributed by atoms with Gasteiger partial charge in [0.1, 0.15) is 12.4 Å². The van der Waals surface area contributed by atoms with Gasteiger partial charge in [-0.25, -0.2) is 4.39 Å². The molecule has 1 aliphatic heterocycles. The molecule has 3 nitrogen and oxygen atoms in total. The first-order valence-electron chi connectivity index (χ1n) is 6.96. The summed E-state index contributed by atoms with van der Waals surface area (Å²) in [7, 11) is 1.59. The second kappa shape index (κ2) is 9.58. The van der Waals surface area contributed by atoms with Gasteiger partial charge < -0.3 is 14.4 Å². The summed E-state index contributed by atoms with van der Waals surface area (Å²) in [6, 6.07) is 4.75. The molecule has 0 fully saturated rings. The molecular formula is C17H18ClFNO2Y-. The minimum absolute atomic E-state index is 0. The first-order valence-corrected chi connectivity index (χ1v) is 7.34. The van der Waals surface area contributed by atoms with Crippen LogP contribution in [-0.4, -0.2) is 31.8 Å². The summed E-state index contributed by atoms with van der Waals surface area (Å²) < 4.78 is 24.7. The van der Waals surface area contributed by atoms with Crippen LogP contribution in [0.15, 0.2) is 41.6 Å². The Bertz CT molecular complexity index is 631. The number of allylic oxidation sites excluding steroid dienone is 3. The van der Waals surface area contributed by atoms with Gasteiger partial charge in [0.2, 0.25) is 0 Å². The zero-order chi connectivity index (χ0) is 16.1. The van der Waals surface area contributed by atoms with Crippen LogP contribution in [0.1, 0.15) is 12.5 Å². The summed E-state index contributed by atoms with van der Waals surface area (Å²) in [5.41, 5.74) is 1.68. The van der Waals surface area contributed by atoms with Crippen LogP contribution in [-0.2, 0) is 37.4 Å². The molecule has 6 heteroatoms. The normalized spacial score (nSPS) is 14.1. The van der Waals surface area contributed by atoms with Crippen molar-refractivity contribution in [2.45, 2.75) is 6.92 Å². The number of halogens is 2. The van der Waals surface area contributed by atoms with E-state index in [1.54, 1.807) is 25.3 Å². The maximum Gasteiger partial charge on any atom is 0.120 e. The number of likely N-dealkylation sites (N-methyl/N-ethyl adjacent to an activating group) is 1. The van der Waals surface area contributed by atoms with Crippen molar-refractivity contribution >= 4 is 17.3 Å². The van der Waals surface area contributed by atoms with Crippen molar-refractivity contribution in [1.29, 1.82) is 0 Å². The Morgan fingerprint density at radius 2 is 2.09 bits per heavy atom. The van der Waals surface area contributed by atoms with E-state index in [0.717, 1.165) is 0 Å². The molecule has 23 heavy (non-hydrogen) atoms. The van der Waals surface area contributed by atoms with Crippen LogP contribution in [0.25, 0.3) is 5.70 Å². The molecule has 0 saturated heterocycles. The number of nitrogens with zero attached hydrogens (tertiary/aromatic N) is 1. The van der Waals surface area contributed by atoms with Crippen molar-refractivity contribution < 1.29 is 46.6 Å². The Balaban J connectivity index is 0.00000264. The minimum atomic E-state index is -0.380. The third kappa shape index (κ3) is 4.90. The molecule has 0 unspecified atom stereocenters. The van der Waals surface area contributed by atoms with Gasteiger partial charge in [-0.3, -0.25) is 0 Å². The van der Waals surface area contributed by atoms with Crippen molar-refractivity contribution in [3.63, 3.8) is 0 Å². The van der Waals surface area contributed by atoms with Crippen molar-refractivity contribution in [1.82, 2.24) is 4.90 Å². The van der Waals surface area contributed by atoms with Gasteiger partial charge in [-0.1, -0.05) is 17.8 Å². The summed E-state index contributed by atoms with van der Waals surface area (Å²) in [6.07, 6.45) is 4.62. The molecule has 0 aromatic heterocycles. The quantitative estimate of drug-likeness (QED) is 0.522. The number of hydrogen-bond donors (Lipinski definition) is 0. The van der Waals surface area contributed by atoms with Crippen molar-refractivity contribution in [2.75, 3.05) is 26.9 Å². The van der Waals surface area contributed by atoms with Crippen LogP contribution in [0.3, 0.4) is 0 Å². The molecule has 0 amide bonds. The van der Waals surface area contributed by atoms with E-state index in [0.29, 0.717) is 47.5 Å². The van der Waals surface area contributed by atoms with E-state index in [1.165, 1.54) is 6.07 Å². The molecule has 1 radical (unpaired) electrons. The fourth-order valence-corrected chi connectivity index (χ4v) is 2.31. The van der Waals surface area contributed by atoms with E-state index in [1.807, 2.05) is 11.8 Å². The summed E-state index contributed by atoms with van der Waals surface area (Å²) in [6.45, 7) is 7.32. The molecule has 1 aromatic rings. The smallest absolute Gasteiger partial charge is 0.120 e. The van der Waals surface area contributed by atoms with E-state index in [9.17, 15) is 4.39 Å². The fraction of sp³-hybridized carbons (Fsp3) is 0.294. The van der Waals surface area contributed by atoms with Gasteiger partial charge in [0, 0.05) is 52.4 Å². The van der Waals surface area contributed by atoms with Gasteiger partial charge in [0.25, 0.3) is 0 Å². The standard InChI is InChI=1S/C17H18ClFNO2.Y/c1-4-20-12(2)15(18)7-8-17(20)14-6-5-13(11-16(14)19)22-10-9-21-3;/h5-7,11H,2,4,9-10H2,1,3H3;/q-1;. The Morgan fingerprint density at radius 1 is 1.35 bits per heavy atom. The molecule has 0 N–H and O–H groups in total. The number of benzene rings is 1. The zero-order valence-electron chi connectivity index (χ0n) is 13.2. The molecule has 0 spiro atoms. The fourth-order valence-electron chi connectivity index (χ4n) is 2.15. The summed E-state index contributed by atoms with van der Waals surface area (Å²) in [5.74, 6) is 0.0836. The SMILES string of the molecule is C=C1C(Cl)=C[C-]=C(c2ccc(OCCOC)cc2F)N1CC.[Y]. The van der Waals surface area contributed by atoms with Crippen LogP contribution in [0.2, 0.25) is 0 Å². The van der Waals surface area contributed by atoms with Crippen molar-refractivity contribution in [3.8, 4) is 5.75 Å². The molecule has 0 saturated carbocycles. The van der Waals surface area contributed by atoms with Crippen molar-refractivity contribution in [2.24, 2.45) is 0 Å². The second-order valence-corrected chi connectivity index (χ2v) is 5.07. The third-order valence-corrected chi connectivity index (χ3v) is 3.60. The Hall–Kier alpha value is -0.676. The average Bonchev–Trinajstić information content (AvgIpc) is 2.51. The number of methoxy groups -OCH3 is 1. The van der Waals surface area contributed by atoms with Gasteiger partial charge in [0.05, 0.1) is 12.4 Å². The van der Waals surface area contributed by atoms with Gasteiger partial charge >= 0.3 is 0 Å².